The van der Waals surface area contributed by atoms with Crippen LogP contribution in [0, 0.1) is 5.92 Å². The van der Waals surface area contributed by atoms with Crippen LogP contribution < -0.4 is 5.32 Å². The van der Waals surface area contributed by atoms with Crippen molar-refractivity contribution in [2.75, 3.05) is 18.4 Å². The fraction of sp³-hybridized carbons (Fsp3) is 0.467. The summed E-state index contributed by atoms with van der Waals surface area (Å²) in [5, 5.41) is 12.1. The SMILES string of the molecule is CC1CCCN(CC(=O)Nc2ccccc2)C1C(=O)O. The summed E-state index contributed by atoms with van der Waals surface area (Å²) in [6.45, 7) is 2.71. The van der Waals surface area contributed by atoms with Crippen LogP contribution in [0.25, 0.3) is 0 Å². The maximum atomic E-state index is 12.0. The molecule has 0 aromatic heterocycles. The molecule has 0 spiro atoms. The van der Waals surface area contributed by atoms with E-state index in [1.165, 1.54) is 0 Å². The fourth-order valence-corrected chi connectivity index (χ4v) is 2.76. The molecular formula is C15H20N2O3. The summed E-state index contributed by atoms with van der Waals surface area (Å²) in [7, 11) is 0. The van der Waals surface area contributed by atoms with Gasteiger partial charge in [-0.1, -0.05) is 25.1 Å². The molecule has 1 aromatic rings. The predicted molar refractivity (Wildman–Crippen MR) is 76.5 cm³/mol. The third-order valence-corrected chi connectivity index (χ3v) is 3.69. The molecular weight excluding hydrogens is 256 g/mol. The molecule has 1 saturated heterocycles. The third-order valence-electron chi connectivity index (χ3n) is 3.69. The molecule has 1 aliphatic heterocycles. The van der Waals surface area contributed by atoms with Crippen molar-refractivity contribution in [2.24, 2.45) is 5.92 Å². The lowest BCUT2D eigenvalue weighted by molar-refractivity contribution is -0.147. The molecule has 5 heteroatoms. The molecule has 108 valence electrons. The van der Waals surface area contributed by atoms with E-state index in [4.69, 9.17) is 0 Å². The molecule has 20 heavy (non-hydrogen) atoms. The summed E-state index contributed by atoms with van der Waals surface area (Å²) in [5.41, 5.74) is 0.731. The Kier molecular flexibility index (Phi) is 4.74. The standard InChI is InChI=1S/C15H20N2O3/c1-11-6-5-9-17(14(11)15(19)20)10-13(18)16-12-7-3-2-4-8-12/h2-4,7-8,11,14H,5-6,9-10H2,1H3,(H,16,18)(H,19,20). The first-order chi connectivity index (χ1) is 9.58. The number of aliphatic carboxylic acids is 1. The number of carbonyl (C=O) groups excluding carboxylic acids is 1. The van der Waals surface area contributed by atoms with Gasteiger partial charge in [0.2, 0.25) is 5.91 Å². The van der Waals surface area contributed by atoms with Gasteiger partial charge in [-0.15, -0.1) is 0 Å². The number of carboxylic acid groups (broad SMARTS) is 1. The van der Waals surface area contributed by atoms with Crippen LogP contribution in [0.15, 0.2) is 30.3 Å². The number of rotatable bonds is 4. The zero-order chi connectivity index (χ0) is 14.5. The van der Waals surface area contributed by atoms with Gasteiger partial charge in [-0.2, -0.15) is 0 Å². The van der Waals surface area contributed by atoms with Crippen molar-refractivity contribution >= 4 is 17.6 Å². The Hall–Kier alpha value is -1.88. The van der Waals surface area contributed by atoms with Crippen LogP contribution in [-0.2, 0) is 9.59 Å². The highest BCUT2D eigenvalue weighted by Gasteiger charge is 2.34. The van der Waals surface area contributed by atoms with Crippen molar-refractivity contribution < 1.29 is 14.7 Å². The van der Waals surface area contributed by atoms with Gasteiger partial charge < -0.3 is 10.4 Å². The van der Waals surface area contributed by atoms with Crippen LogP contribution in [-0.4, -0.2) is 41.0 Å². The molecule has 1 amide bonds. The number of anilines is 1. The smallest absolute Gasteiger partial charge is 0.321 e. The van der Waals surface area contributed by atoms with Gasteiger partial charge >= 0.3 is 5.97 Å². The van der Waals surface area contributed by atoms with E-state index in [-0.39, 0.29) is 18.4 Å². The Bertz CT molecular complexity index is 475. The van der Waals surface area contributed by atoms with Crippen molar-refractivity contribution in [3.63, 3.8) is 0 Å². The van der Waals surface area contributed by atoms with E-state index in [0.717, 1.165) is 18.5 Å². The molecule has 5 nitrogen and oxygen atoms in total. The van der Waals surface area contributed by atoms with Crippen LogP contribution in [0.1, 0.15) is 19.8 Å². The number of amides is 1. The molecule has 1 aromatic carbocycles. The van der Waals surface area contributed by atoms with Gasteiger partial charge in [-0.3, -0.25) is 14.5 Å². The first kappa shape index (κ1) is 14.5. The minimum atomic E-state index is -0.843. The number of para-hydroxylation sites is 1. The highest BCUT2D eigenvalue weighted by atomic mass is 16.4. The Labute approximate surface area is 118 Å². The number of likely N-dealkylation sites (tertiary alicyclic amines) is 1. The Morgan fingerprint density at radius 2 is 2.05 bits per heavy atom. The van der Waals surface area contributed by atoms with E-state index in [1.807, 2.05) is 37.3 Å². The summed E-state index contributed by atoms with van der Waals surface area (Å²) in [6.07, 6.45) is 1.83. The van der Waals surface area contributed by atoms with E-state index in [9.17, 15) is 14.7 Å². The molecule has 2 unspecified atom stereocenters. The summed E-state index contributed by atoms with van der Waals surface area (Å²) in [6, 6.07) is 8.63. The van der Waals surface area contributed by atoms with E-state index in [2.05, 4.69) is 5.32 Å². The Morgan fingerprint density at radius 1 is 1.35 bits per heavy atom. The van der Waals surface area contributed by atoms with Crippen molar-refractivity contribution in [3.05, 3.63) is 30.3 Å². The maximum Gasteiger partial charge on any atom is 0.321 e. The van der Waals surface area contributed by atoms with Crippen molar-refractivity contribution in [1.82, 2.24) is 4.90 Å². The minimum absolute atomic E-state index is 0.0748. The first-order valence-electron chi connectivity index (χ1n) is 6.89. The number of nitrogens with one attached hydrogen (secondary N) is 1. The number of carboxylic acids is 1. The van der Waals surface area contributed by atoms with Crippen molar-refractivity contribution in [1.29, 1.82) is 0 Å². The van der Waals surface area contributed by atoms with Crippen LogP contribution in [0.5, 0.6) is 0 Å². The highest BCUT2D eigenvalue weighted by molar-refractivity contribution is 5.92. The second-order valence-corrected chi connectivity index (χ2v) is 5.29. The lowest BCUT2D eigenvalue weighted by atomic mass is 9.91. The molecule has 1 aliphatic rings. The van der Waals surface area contributed by atoms with Crippen LogP contribution >= 0.6 is 0 Å². The lowest BCUT2D eigenvalue weighted by Gasteiger charge is -2.36. The summed E-state index contributed by atoms with van der Waals surface area (Å²) >= 11 is 0. The van der Waals surface area contributed by atoms with Crippen LogP contribution in [0.2, 0.25) is 0 Å². The van der Waals surface area contributed by atoms with Crippen molar-refractivity contribution in [3.8, 4) is 0 Å². The average molecular weight is 276 g/mol. The minimum Gasteiger partial charge on any atom is -0.480 e. The van der Waals surface area contributed by atoms with Gasteiger partial charge in [0.25, 0.3) is 0 Å². The number of benzene rings is 1. The molecule has 1 heterocycles. The number of nitrogens with zero attached hydrogens (tertiary/aromatic N) is 1. The summed E-state index contributed by atoms with van der Waals surface area (Å²) in [4.78, 5) is 25.1. The van der Waals surface area contributed by atoms with E-state index in [0.29, 0.717) is 6.54 Å². The summed E-state index contributed by atoms with van der Waals surface area (Å²) in [5.74, 6) is -0.938. The third kappa shape index (κ3) is 3.57. The van der Waals surface area contributed by atoms with E-state index >= 15 is 0 Å². The average Bonchev–Trinajstić information content (AvgIpc) is 2.39. The monoisotopic (exact) mass is 276 g/mol. The van der Waals surface area contributed by atoms with Gasteiger partial charge in [-0.25, -0.2) is 0 Å². The summed E-state index contributed by atoms with van der Waals surface area (Å²) < 4.78 is 0. The molecule has 0 bridgehead atoms. The Morgan fingerprint density at radius 3 is 2.70 bits per heavy atom. The van der Waals surface area contributed by atoms with Crippen molar-refractivity contribution in [2.45, 2.75) is 25.8 Å². The fourth-order valence-electron chi connectivity index (χ4n) is 2.76. The topological polar surface area (TPSA) is 69.6 Å². The van der Waals surface area contributed by atoms with Gasteiger partial charge in [-0.05, 0) is 37.4 Å². The van der Waals surface area contributed by atoms with Gasteiger partial charge in [0.15, 0.2) is 0 Å². The lowest BCUT2D eigenvalue weighted by Crippen LogP contribution is -2.51. The quantitative estimate of drug-likeness (QED) is 0.880. The van der Waals surface area contributed by atoms with E-state index < -0.39 is 12.0 Å². The van der Waals surface area contributed by atoms with E-state index in [1.54, 1.807) is 4.90 Å². The molecule has 0 aliphatic carbocycles. The highest BCUT2D eigenvalue weighted by Crippen LogP contribution is 2.23. The molecule has 2 N–H and O–H groups in total. The second kappa shape index (κ2) is 6.52. The predicted octanol–water partition coefficient (Wildman–Crippen LogP) is 1.81. The van der Waals surface area contributed by atoms with Crippen LogP contribution in [0.3, 0.4) is 0 Å². The molecule has 0 saturated carbocycles. The normalized spacial score (nSPS) is 23.2. The number of hydrogen-bond donors (Lipinski definition) is 2. The number of hydrogen-bond acceptors (Lipinski definition) is 3. The molecule has 2 rings (SSSR count). The Balaban J connectivity index is 1.97. The second-order valence-electron chi connectivity index (χ2n) is 5.29. The zero-order valence-electron chi connectivity index (χ0n) is 11.6. The maximum absolute atomic E-state index is 12.0. The molecule has 0 radical (unpaired) electrons. The first-order valence-corrected chi connectivity index (χ1v) is 6.89. The largest absolute Gasteiger partial charge is 0.480 e. The zero-order valence-corrected chi connectivity index (χ0v) is 11.6. The van der Waals surface area contributed by atoms with Gasteiger partial charge in [0.05, 0.1) is 6.54 Å². The molecule has 1 fully saturated rings. The number of piperidine rings is 1. The number of carbonyl (C=O) groups is 2. The van der Waals surface area contributed by atoms with Crippen LogP contribution in [0.4, 0.5) is 5.69 Å². The van der Waals surface area contributed by atoms with Gasteiger partial charge in [0, 0.05) is 5.69 Å². The molecule has 2 atom stereocenters. The van der Waals surface area contributed by atoms with Gasteiger partial charge in [0.1, 0.15) is 6.04 Å².